The van der Waals surface area contributed by atoms with E-state index < -0.39 is 0 Å². The molecule has 1 rings (SSSR count). The van der Waals surface area contributed by atoms with Crippen molar-refractivity contribution >= 4 is 11.6 Å². The van der Waals surface area contributed by atoms with Crippen LogP contribution in [0, 0.1) is 11.3 Å². The van der Waals surface area contributed by atoms with Gasteiger partial charge in [-0.25, -0.2) is 0 Å². The van der Waals surface area contributed by atoms with E-state index in [9.17, 15) is 0 Å². The number of hydrogen-bond acceptors (Lipinski definition) is 3. The SMILES string of the molecule is COc1ccc(Cl)c([C@@H](N)CC#N)c1. The Labute approximate surface area is 88.0 Å². The molecule has 74 valence electrons. The van der Waals surface area contributed by atoms with Gasteiger partial charge in [0.05, 0.1) is 19.6 Å². The molecule has 14 heavy (non-hydrogen) atoms. The van der Waals surface area contributed by atoms with Crippen LogP contribution in [0.15, 0.2) is 18.2 Å². The third-order valence-corrected chi connectivity index (χ3v) is 2.26. The van der Waals surface area contributed by atoms with Gasteiger partial charge in [0.15, 0.2) is 0 Å². The van der Waals surface area contributed by atoms with Gasteiger partial charge in [-0.05, 0) is 23.8 Å². The standard InChI is InChI=1S/C10H11ClN2O/c1-14-7-2-3-9(11)8(6-7)10(13)4-5-12/h2-3,6,10H,4,13H2,1H3/t10-/m0/s1. The highest BCUT2D eigenvalue weighted by Crippen LogP contribution is 2.27. The lowest BCUT2D eigenvalue weighted by atomic mass is 10.1. The monoisotopic (exact) mass is 210 g/mol. The van der Waals surface area contributed by atoms with Crippen LogP contribution >= 0.6 is 11.6 Å². The molecular weight excluding hydrogens is 200 g/mol. The molecule has 0 aliphatic carbocycles. The summed E-state index contributed by atoms with van der Waals surface area (Å²) in [5, 5.41) is 9.07. The number of nitrogens with zero attached hydrogens (tertiary/aromatic N) is 1. The fourth-order valence-electron chi connectivity index (χ4n) is 1.14. The minimum atomic E-state index is -0.359. The van der Waals surface area contributed by atoms with E-state index >= 15 is 0 Å². The molecule has 1 aromatic carbocycles. The second-order valence-corrected chi connectivity index (χ2v) is 3.26. The molecule has 0 aliphatic heterocycles. The first-order chi connectivity index (χ1) is 6.69. The number of benzene rings is 1. The lowest BCUT2D eigenvalue weighted by Gasteiger charge is -2.11. The molecule has 1 aromatic rings. The summed E-state index contributed by atoms with van der Waals surface area (Å²) in [5.74, 6) is 0.692. The Morgan fingerprint density at radius 3 is 2.93 bits per heavy atom. The molecule has 0 spiro atoms. The predicted molar refractivity (Wildman–Crippen MR) is 55.2 cm³/mol. The third-order valence-electron chi connectivity index (χ3n) is 1.91. The molecule has 0 amide bonds. The predicted octanol–water partition coefficient (Wildman–Crippen LogP) is 2.26. The summed E-state index contributed by atoms with van der Waals surface area (Å²) in [4.78, 5) is 0. The first kappa shape index (κ1) is 10.8. The van der Waals surface area contributed by atoms with Crippen molar-refractivity contribution in [1.29, 1.82) is 5.26 Å². The van der Waals surface area contributed by atoms with Gasteiger partial charge in [-0.1, -0.05) is 11.6 Å². The van der Waals surface area contributed by atoms with Crippen molar-refractivity contribution in [2.24, 2.45) is 5.73 Å². The summed E-state index contributed by atoms with van der Waals surface area (Å²) in [5.41, 5.74) is 6.51. The number of halogens is 1. The molecule has 0 saturated heterocycles. The highest BCUT2D eigenvalue weighted by atomic mass is 35.5. The highest BCUT2D eigenvalue weighted by Gasteiger charge is 2.10. The second-order valence-electron chi connectivity index (χ2n) is 2.86. The average molecular weight is 211 g/mol. The fourth-order valence-corrected chi connectivity index (χ4v) is 1.40. The first-order valence-electron chi connectivity index (χ1n) is 4.15. The largest absolute Gasteiger partial charge is 0.497 e. The molecule has 1 atom stereocenters. The molecule has 0 saturated carbocycles. The Kier molecular flexibility index (Phi) is 3.75. The maximum atomic E-state index is 8.51. The number of hydrogen-bond donors (Lipinski definition) is 1. The van der Waals surface area contributed by atoms with E-state index in [2.05, 4.69) is 0 Å². The highest BCUT2D eigenvalue weighted by molar-refractivity contribution is 6.31. The summed E-state index contributed by atoms with van der Waals surface area (Å²) in [7, 11) is 1.57. The zero-order valence-electron chi connectivity index (χ0n) is 7.83. The maximum absolute atomic E-state index is 8.51. The van der Waals surface area contributed by atoms with Crippen LogP contribution in [0.2, 0.25) is 5.02 Å². The van der Waals surface area contributed by atoms with E-state index in [-0.39, 0.29) is 12.5 Å². The Hall–Kier alpha value is -1.24. The summed E-state index contributed by atoms with van der Waals surface area (Å²) in [6, 6.07) is 6.87. The molecule has 3 nitrogen and oxygen atoms in total. The first-order valence-corrected chi connectivity index (χ1v) is 4.52. The normalized spacial score (nSPS) is 11.9. The zero-order valence-corrected chi connectivity index (χ0v) is 8.58. The van der Waals surface area contributed by atoms with Crippen LogP contribution in [0.5, 0.6) is 5.75 Å². The van der Waals surface area contributed by atoms with E-state index in [1.54, 1.807) is 25.3 Å². The van der Waals surface area contributed by atoms with Gasteiger partial charge in [-0.3, -0.25) is 0 Å². The summed E-state index contributed by atoms with van der Waals surface area (Å²) in [6.07, 6.45) is 0.243. The lowest BCUT2D eigenvalue weighted by molar-refractivity contribution is 0.414. The quantitative estimate of drug-likeness (QED) is 0.833. The summed E-state index contributed by atoms with van der Waals surface area (Å²) >= 11 is 5.94. The van der Waals surface area contributed by atoms with Gasteiger partial charge >= 0.3 is 0 Å². The molecule has 2 N–H and O–H groups in total. The van der Waals surface area contributed by atoms with Crippen LogP contribution in [0.3, 0.4) is 0 Å². The minimum Gasteiger partial charge on any atom is -0.497 e. The molecule has 0 fully saturated rings. The second kappa shape index (κ2) is 4.85. The van der Waals surface area contributed by atoms with Crippen molar-refractivity contribution in [2.75, 3.05) is 7.11 Å². The van der Waals surface area contributed by atoms with Gasteiger partial charge in [0, 0.05) is 11.1 Å². The number of nitriles is 1. The Bertz CT molecular complexity index is 360. The molecule has 0 aromatic heterocycles. The van der Waals surface area contributed by atoms with Crippen LogP contribution in [0.4, 0.5) is 0 Å². The smallest absolute Gasteiger partial charge is 0.119 e. The Morgan fingerprint density at radius 1 is 1.64 bits per heavy atom. The Balaban J connectivity index is 3.00. The van der Waals surface area contributed by atoms with Gasteiger partial charge in [0.25, 0.3) is 0 Å². The number of methoxy groups -OCH3 is 1. The molecule has 0 aliphatic rings. The van der Waals surface area contributed by atoms with Crippen molar-refractivity contribution in [3.8, 4) is 11.8 Å². The van der Waals surface area contributed by atoms with Crippen LogP contribution in [0.25, 0.3) is 0 Å². The lowest BCUT2D eigenvalue weighted by Crippen LogP contribution is -2.09. The molecular formula is C10H11ClN2O. The number of ether oxygens (including phenoxy) is 1. The number of rotatable bonds is 3. The number of nitrogens with two attached hydrogens (primary N) is 1. The van der Waals surface area contributed by atoms with E-state index in [1.165, 1.54) is 0 Å². The van der Waals surface area contributed by atoms with Gasteiger partial charge in [-0.2, -0.15) is 5.26 Å². The summed E-state index contributed by atoms with van der Waals surface area (Å²) in [6.45, 7) is 0. The van der Waals surface area contributed by atoms with E-state index in [0.717, 1.165) is 5.56 Å². The van der Waals surface area contributed by atoms with Crippen LogP contribution < -0.4 is 10.5 Å². The molecule has 0 radical (unpaired) electrons. The molecule has 4 heteroatoms. The topological polar surface area (TPSA) is 59.0 Å². The van der Waals surface area contributed by atoms with Gasteiger partial charge in [-0.15, -0.1) is 0 Å². The van der Waals surface area contributed by atoms with Crippen LogP contribution in [-0.2, 0) is 0 Å². The van der Waals surface area contributed by atoms with Crippen molar-refractivity contribution < 1.29 is 4.74 Å². The third kappa shape index (κ3) is 2.38. The average Bonchev–Trinajstić information content (AvgIpc) is 2.19. The summed E-state index contributed by atoms with van der Waals surface area (Å²) < 4.78 is 5.04. The maximum Gasteiger partial charge on any atom is 0.119 e. The zero-order chi connectivity index (χ0) is 10.6. The Morgan fingerprint density at radius 2 is 2.36 bits per heavy atom. The van der Waals surface area contributed by atoms with Crippen molar-refractivity contribution in [2.45, 2.75) is 12.5 Å². The van der Waals surface area contributed by atoms with Gasteiger partial charge in [0.1, 0.15) is 5.75 Å². The van der Waals surface area contributed by atoms with Crippen LogP contribution in [-0.4, -0.2) is 7.11 Å². The molecule has 0 unspecified atom stereocenters. The van der Waals surface area contributed by atoms with Gasteiger partial charge in [0.2, 0.25) is 0 Å². The fraction of sp³-hybridized carbons (Fsp3) is 0.300. The van der Waals surface area contributed by atoms with Crippen molar-refractivity contribution in [1.82, 2.24) is 0 Å². The molecule has 0 heterocycles. The van der Waals surface area contributed by atoms with E-state index in [4.69, 9.17) is 27.3 Å². The molecule has 0 bridgehead atoms. The van der Waals surface area contributed by atoms with Crippen molar-refractivity contribution in [3.05, 3.63) is 28.8 Å². The van der Waals surface area contributed by atoms with Crippen LogP contribution in [0.1, 0.15) is 18.0 Å². The van der Waals surface area contributed by atoms with E-state index in [1.807, 2.05) is 6.07 Å². The van der Waals surface area contributed by atoms with Gasteiger partial charge < -0.3 is 10.5 Å². The van der Waals surface area contributed by atoms with E-state index in [0.29, 0.717) is 10.8 Å². The minimum absolute atomic E-state index is 0.243. The van der Waals surface area contributed by atoms with Crippen molar-refractivity contribution in [3.63, 3.8) is 0 Å².